The number of furan rings is 1. The van der Waals surface area contributed by atoms with Gasteiger partial charge in [-0.2, -0.15) is 5.26 Å². The largest absolute Gasteiger partial charge is 0.459 e. The smallest absolute Gasteiger partial charge is 0.287 e. The van der Waals surface area contributed by atoms with Crippen LogP contribution in [-0.4, -0.2) is 53.8 Å². The number of hydrogen-bond acceptors (Lipinski definition) is 5. The molecule has 1 saturated heterocycles. The number of carbonyl (C=O) groups is 2. The molecule has 4 rings (SSSR count). The summed E-state index contributed by atoms with van der Waals surface area (Å²) in [7, 11) is 0. The molecule has 1 aliphatic heterocycles. The highest BCUT2D eigenvalue weighted by atomic mass is 16.3. The first-order chi connectivity index (χ1) is 16.1. The lowest BCUT2D eigenvalue weighted by atomic mass is 10.0. The lowest BCUT2D eigenvalue weighted by Crippen LogP contribution is -2.55. The molecular formula is C26H26N4O3. The number of rotatable bonds is 7. The Bertz CT molecular complexity index is 1100. The van der Waals surface area contributed by atoms with Gasteiger partial charge in [0.05, 0.1) is 17.9 Å². The Morgan fingerprint density at radius 3 is 2.30 bits per heavy atom. The second-order valence-electron chi connectivity index (χ2n) is 8.10. The molecule has 168 valence electrons. The fourth-order valence-electron chi connectivity index (χ4n) is 3.98. The Kier molecular flexibility index (Phi) is 7.18. The third kappa shape index (κ3) is 5.88. The third-order valence-corrected chi connectivity index (χ3v) is 5.80. The Labute approximate surface area is 193 Å². The average Bonchev–Trinajstić information content (AvgIpc) is 3.40. The summed E-state index contributed by atoms with van der Waals surface area (Å²) in [5.41, 5.74) is 2.77. The minimum absolute atomic E-state index is 0.0863. The van der Waals surface area contributed by atoms with Crippen molar-refractivity contribution in [3.8, 4) is 6.07 Å². The van der Waals surface area contributed by atoms with Crippen LogP contribution in [0.4, 0.5) is 0 Å². The van der Waals surface area contributed by atoms with Crippen molar-refractivity contribution in [3.63, 3.8) is 0 Å². The summed E-state index contributed by atoms with van der Waals surface area (Å²) in [5.74, 6) is -0.293. The Morgan fingerprint density at radius 2 is 1.67 bits per heavy atom. The second kappa shape index (κ2) is 10.6. The molecule has 0 radical (unpaired) electrons. The number of nitrogens with zero attached hydrogens (tertiary/aromatic N) is 3. The first-order valence-electron chi connectivity index (χ1n) is 11.0. The maximum atomic E-state index is 13.4. The summed E-state index contributed by atoms with van der Waals surface area (Å²) in [6.45, 7) is 3.45. The molecule has 33 heavy (non-hydrogen) atoms. The molecule has 0 spiro atoms. The fraction of sp³-hybridized carbons (Fsp3) is 0.269. The number of piperazine rings is 1. The van der Waals surface area contributed by atoms with Gasteiger partial charge in [0, 0.05) is 39.1 Å². The SMILES string of the molecule is N#Cc1ccc(CN2CCN(C(=O)[C@@H](Cc3ccccc3)NC(=O)c3ccco3)CC2)cc1. The van der Waals surface area contributed by atoms with Crippen molar-refractivity contribution in [3.05, 3.63) is 95.4 Å². The monoisotopic (exact) mass is 442 g/mol. The molecule has 1 N–H and O–H groups in total. The first-order valence-corrected chi connectivity index (χ1v) is 11.0. The molecule has 0 aliphatic carbocycles. The number of amides is 2. The normalized spacial score (nSPS) is 14.9. The van der Waals surface area contributed by atoms with E-state index in [1.807, 2.05) is 59.5 Å². The maximum absolute atomic E-state index is 13.4. The predicted molar refractivity (Wildman–Crippen MR) is 123 cm³/mol. The zero-order valence-electron chi connectivity index (χ0n) is 18.3. The minimum atomic E-state index is -0.671. The van der Waals surface area contributed by atoms with E-state index in [2.05, 4.69) is 16.3 Å². The molecule has 7 heteroatoms. The van der Waals surface area contributed by atoms with Gasteiger partial charge in [0.25, 0.3) is 5.91 Å². The molecule has 0 unspecified atom stereocenters. The van der Waals surface area contributed by atoms with Crippen molar-refractivity contribution in [1.29, 1.82) is 5.26 Å². The lowest BCUT2D eigenvalue weighted by molar-refractivity contribution is -0.135. The van der Waals surface area contributed by atoms with Crippen molar-refractivity contribution in [2.24, 2.45) is 0 Å². The van der Waals surface area contributed by atoms with E-state index in [9.17, 15) is 9.59 Å². The standard InChI is InChI=1S/C26H26N4O3/c27-18-21-8-10-22(11-9-21)19-29-12-14-30(15-13-29)26(32)23(17-20-5-2-1-3-6-20)28-25(31)24-7-4-16-33-24/h1-11,16,23H,12-15,17,19H2,(H,28,31)/t23-/m1/s1. The van der Waals surface area contributed by atoms with E-state index in [-0.39, 0.29) is 11.7 Å². The predicted octanol–water partition coefficient (Wildman–Crippen LogP) is 2.84. The number of hydrogen-bond donors (Lipinski definition) is 1. The van der Waals surface area contributed by atoms with Gasteiger partial charge < -0.3 is 14.6 Å². The summed E-state index contributed by atoms with van der Waals surface area (Å²) >= 11 is 0. The second-order valence-corrected chi connectivity index (χ2v) is 8.10. The highest BCUT2D eigenvalue weighted by Gasteiger charge is 2.29. The van der Waals surface area contributed by atoms with Crippen molar-refractivity contribution in [1.82, 2.24) is 15.1 Å². The van der Waals surface area contributed by atoms with Gasteiger partial charge in [-0.25, -0.2) is 0 Å². The molecular weight excluding hydrogens is 416 g/mol. The summed E-state index contributed by atoms with van der Waals surface area (Å²) in [6, 6.07) is 22.0. The molecule has 2 heterocycles. The number of benzene rings is 2. The molecule has 0 saturated carbocycles. The van der Waals surface area contributed by atoms with E-state index >= 15 is 0 Å². The van der Waals surface area contributed by atoms with Crippen LogP contribution < -0.4 is 5.32 Å². The Hall–Kier alpha value is -3.89. The summed E-state index contributed by atoms with van der Waals surface area (Å²) < 4.78 is 5.20. The number of nitrogens with one attached hydrogen (secondary N) is 1. The highest BCUT2D eigenvalue weighted by molar-refractivity contribution is 5.95. The quantitative estimate of drug-likeness (QED) is 0.608. The van der Waals surface area contributed by atoms with E-state index in [1.54, 1.807) is 12.1 Å². The van der Waals surface area contributed by atoms with Crippen LogP contribution in [0.15, 0.2) is 77.4 Å². The molecule has 1 fully saturated rings. The zero-order valence-corrected chi connectivity index (χ0v) is 18.3. The lowest BCUT2D eigenvalue weighted by Gasteiger charge is -2.36. The van der Waals surface area contributed by atoms with E-state index < -0.39 is 11.9 Å². The van der Waals surface area contributed by atoms with Gasteiger partial charge in [-0.1, -0.05) is 42.5 Å². The van der Waals surface area contributed by atoms with Crippen molar-refractivity contribution < 1.29 is 14.0 Å². The van der Waals surface area contributed by atoms with Gasteiger partial charge in [-0.05, 0) is 35.4 Å². The molecule has 1 aromatic heterocycles. The zero-order chi connectivity index (χ0) is 23.0. The van der Waals surface area contributed by atoms with E-state index in [0.717, 1.165) is 30.8 Å². The van der Waals surface area contributed by atoms with Crippen LogP contribution in [0.5, 0.6) is 0 Å². The van der Waals surface area contributed by atoms with Gasteiger partial charge >= 0.3 is 0 Å². The number of carbonyl (C=O) groups excluding carboxylic acids is 2. The third-order valence-electron chi connectivity index (χ3n) is 5.80. The summed E-state index contributed by atoms with van der Waals surface area (Å²) in [6.07, 6.45) is 1.85. The molecule has 7 nitrogen and oxygen atoms in total. The van der Waals surface area contributed by atoms with Crippen molar-refractivity contribution in [2.75, 3.05) is 26.2 Å². The van der Waals surface area contributed by atoms with Gasteiger partial charge in [0.2, 0.25) is 5.91 Å². The van der Waals surface area contributed by atoms with Crippen LogP contribution >= 0.6 is 0 Å². The van der Waals surface area contributed by atoms with Crippen molar-refractivity contribution in [2.45, 2.75) is 19.0 Å². The maximum Gasteiger partial charge on any atom is 0.287 e. The van der Waals surface area contributed by atoms with Crippen LogP contribution in [0.1, 0.15) is 27.2 Å². The molecule has 0 bridgehead atoms. The molecule has 1 aliphatic rings. The van der Waals surface area contributed by atoms with E-state index in [1.165, 1.54) is 6.26 Å². The van der Waals surface area contributed by atoms with Crippen LogP contribution in [-0.2, 0) is 17.8 Å². The van der Waals surface area contributed by atoms with Crippen LogP contribution in [0.25, 0.3) is 0 Å². The van der Waals surface area contributed by atoms with Gasteiger partial charge in [-0.3, -0.25) is 14.5 Å². The fourth-order valence-corrected chi connectivity index (χ4v) is 3.98. The summed E-state index contributed by atoms with van der Waals surface area (Å²) in [5, 5.41) is 11.8. The van der Waals surface area contributed by atoms with Gasteiger partial charge in [-0.15, -0.1) is 0 Å². The molecule has 2 aromatic carbocycles. The van der Waals surface area contributed by atoms with Gasteiger partial charge in [0.1, 0.15) is 6.04 Å². The van der Waals surface area contributed by atoms with E-state index in [4.69, 9.17) is 9.68 Å². The Balaban J connectivity index is 1.38. The average molecular weight is 443 g/mol. The van der Waals surface area contributed by atoms with E-state index in [0.29, 0.717) is 25.1 Å². The molecule has 1 atom stereocenters. The van der Waals surface area contributed by atoms with Crippen LogP contribution in [0.2, 0.25) is 0 Å². The van der Waals surface area contributed by atoms with Crippen LogP contribution in [0.3, 0.4) is 0 Å². The minimum Gasteiger partial charge on any atom is -0.459 e. The highest BCUT2D eigenvalue weighted by Crippen LogP contribution is 2.13. The van der Waals surface area contributed by atoms with Crippen molar-refractivity contribution >= 4 is 11.8 Å². The summed E-state index contributed by atoms with van der Waals surface area (Å²) in [4.78, 5) is 30.1. The topological polar surface area (TPSA) is 89.6 Å². The molecule has 3 aromatic rings. The Morgan fingerprint density at radius 1 is 0.939 bits per heavy atom. The van der Waals surface area contributed by atoms with Crippen LogP contribution in [0, 0.1) is 11.3 Å². The van der Waals surface area contributed by atoms with Gasteiger partial charge in [0.15, 0.2) is 5.76 Å². The number of nitriles is 1. The first kappa shape index (κ1) is 22.3. The molecule has 2 amide bonds.